The first-order valence-corrected chi connectivity index (χ1v) is 8.26. The summed E-state index contributed by atoms with van der Waals surface area (Å²) in [5.41, 5.74) is 1.45. The Morgan fingerprint density at radius 3 is 2.50 bits per heavy atom. The van der Waals surface area contributed by atoms with E-state index in [0.717, 1.165) is 11.3 Å². The van der Waals surface area contributed by atoms with E-state index in [1.165, 1.54) is 19.3 Å². The molecule has 0 spiro atoms. The van der Waals surface area contributed by atoms with Gasteiger partial charge in [0.15, 0.2) is 0 Å². The molecular weight excluding hydrogens is 340 g/mol. The van der Waals surface area contributed by atoms with Crippen molar-refractivity contribution in [2.75, 3.05) is 14.2 Å². The van der Waals surface area contributed by atoms with E-state index >= 15 is 0 Å². The lowest BCUT2D eigenvalue weighted by atomic mass is 9.78. The van der Waals surface area contributed by atoms with Gasteiger partial charge in [0.05, 0.1) is 14.2 Å². The summed E-state index contributed by atoms with van der Waals surface area (Å²) in [6.07, 6.45) is 3.79. The summed E-state index contributed by atoms with van der Waals surface area (Å²) in [5, 5.41) is 0.549. The Balaban J connectivity index is 2.39. The van der Waals surface area contributed by atoms with Crippen LogP contribution in [0.2, 0.25) is 5.02 Å². The van der Waals surface area contributed by atoms with Crippen LogP contribution in [0.25, 0.3) is 0 Å². The van der Waals surface area contributed by atoms with Gasteiger partial charge in [0.2, 0.25) is 0 Å². The lowest BCUT2D eigenvalue weighted by molar-refractivity contribution is 0.254. The molecule has 0 amide bonds. The van der Waals surface area contributed by atoms with E-state index in [2.05, 4.69) is 35.8 Å². The fraction of sp³-hybridized carbons (Fsp3) is 0.625. The molecular formula is C16H22BrClO2. The Morgan fingerprint density at radius 1 is 1.30 bits per heavy atom. The Labute approximate surface area is 134 Å². The van der Waals surface area contributed by atoms with Gasteiger partial charge in [-0.15, -0.1) is 0 Å². The molecule has 20 heavy (non-hydrogen) atoms. The molecule has 0 N–H and O–H groups in total. The van der Waals surface area contributed by atoms with Crippen molar-refractivity contribution in [1.29, 1.82) is 0 Å². The van der Waals surface area contributed by atoms with Crippen LogP contribution in [-0.4, -0.2) is 14.2 Å². The van der Waals surface area contributed by atoms with Crippen molar-refractivity contribution in [3.05, 3.63) is 22.7 Å². The average molecular weight is 362 g/mol. The molecule has 4 heteroatoms. The summed E-state index contributed by atoms with van der Waals surface area (Å²) < 4.78 is 10.8. The number of hydrogen-bond donors (Lipinski definition) is 0. The van der Waals surface area contributed by atoms with E-state index in [0.29, 0.717) is 22.1 Å². The summed E-state index contributed by atoms with van der Waals surface area (Å²) >= 11 is 10.2. The van der Waals surface area contributed by atoms with E-state index in [4.69, 9.17) is 21.1 Å². The average Bonchev–Trinajstić information content (AvgIpc) is 2.77. The fourth-order valence-electron chi connectivity index (χ4n) is 3.25. The van der Waals surface area contributed by atoms with Gasteiger partial charge in [-0.2, -0.15) is 0 Å². The minimum absolute atomic E-state index is 0.248. The maximum absolute atomic E-state index is 6.37. The van der Waals surface area contributed by atoms with E-state index in [1.807, 2.05) is 6.07 Å². The molecule has 112 valence electrons. The topological polar surface area (TPSA) is 18.5 Å². The monoisotopic (exact) mass is 360 g/mol. The molecule has 0 radical (unpaired) electrons. The van der Waals surface area contributed by atoms with Gasteiger partial charge in [0.25, 0.3) is 0 Å². The zero-order chi connectivity index (χ0) is 14.9. The predicted molar refractivity (Wildman–Crippen MR) is 87.3 cm³/mol. The molecule has 0 aliphatic heterocycles. The van der Waals surface area contributed by atoms with Crippen molar-refractivity contribution in [3.63, 3.8) is 0 Å². The molecule has 1 fully saturated rings. The Bertz CT molecular complexity index is 488. The summed E-state index contributed by atoms with van der Waals surface area (Å²) in [6.45, 7) is 4.69. The van der Waals surface area contributed by atoms with Crippen LogP contribution in [0.15, 0.2) is 12.1 Å². The van der Waals surface area contributed by atoms with E-state index in [-0.39, 0.29) is 4.83 Å². The first-order valence-electron chi connectivity index (χ1n) is 6.97. The number of rotatable bonds is 4. The smallest absolute Gasteiger partial charge is 0.145 e. The van der Waals surface area contributed by atoms with Gasteiger partial charge in [-0.25, -0.2) is 0 Å². The third kappa shape index (κ3) is 2.80. The highest BCUT2D eigenvalue weighted by Gasteiger charge is 2.40. The van der Waals surface area contributed by atoms with Gasteiger partial charge < -0.3 is 9.47 Å². The van der Waals surface area contributed by atoms with Gasteiger partial charge in [-0.3, -0.25) is 0 Å². The number of hydrogen-bond acceptors (Lipinski definition) is 2. The molecule has 2 nitrogen and oxygen atoms in total. The van der Waals surface area contributed by atoms with Crippen LogP contribution < -0.4 is 9.47 Å². The number of alkyl halides is 1. The molecule has 1 aliphatic rings. The summed E-state index contributed by atoms with van der Waals surface area (Å²) in [6, 6.07) is 3.97. The molecule has 0 bridgehead atoms. The predicted octanol–water partition coefficient (Wildman–Crippen LogP) is 5.62. The van der Waals surface area contributed by atoms with Crippen molar-refractivity contribution in [2.24, 2.45) is 11.3 Å². The maximum Gasteiger partial charge on any atom is 0.145 e. The molecule has 2 unspecified atom stereocenters. The lowest BCUT2D eigenvalue weighted by Gasteiger charge is -2.32. The van der Waals surface area contributed by atoms with Crippen LogP contribution in [0.4, 0.5) is 0 Å². The summed E-state index contributed by atoms with van der Waals surface area (Å²) in [4.78, 5) is 0.248. The first-order chi connectivity index (χ1) is 9.42. The molecule has 2 atom stereocenters. The highest BCUT2D eigenvalue weighted by atomic mass is 79.9. The summed E-state index contributed by atoms with van der Waals surface area (Å²) in [7, 11) is 3.27. The fourth-order valence-corrected chi connectivity index (χ4v) is 4.91. The second-order valence-corrected chi connectivity index (χ2v) is 7.46. The largest absolute Gasteiger partial charge is 0.495 e. The Morgan fingerprint density at radius 2 is 2.00 bits per heavy atom. The third-order valence-electron chi connectivity index (χ3n) is 4.51. The van der Waals surface area contributed by atoms with Crippen molar-refractivity contribution >= 4 is 27.5 Å². The van der Waals surface area contributed by atoms with E-state index in [1.54, 1.807) is 14.2 Å². The zero-order valence-corrected chi connectivity index (χ0v) is 14.8. The van der Waals surface area contributed by atoms with Crippen LogP contribution in [0.3, 0.4) is 0 Å². The van der Waals surface area contributed by atoms with E-state index < -0.39 is 0 Å². The summed E-state index contributed by atoms with van der Waals surface area (Å²) in [5.74, 6) is 1.95. The minimum atomic E-state index is 0.248. The molecule has 1 saturated carbocycles. The van der Waals surface area contributed by atoms with Gasteiger partial charge in [0, 0.05) is 10.4 Å². The molecule has 0 aromatic heterocycles. The van der Waals surface area contributed by atoms with Crippen LogP contribution in [0.5, 0.6) is 11.5 Å². The third-order valence-corrected chi connectivity index (χ3v) is 6.00. The quantitative estimate of drug-likeness (QED) is 0.648. The standard InChI is InChI=1S/C16H22BrClO2/c1-16(2)9-5-6-11(16)13(17)10-7-8-12(19-3)14(18)15(10)20-4/h7-8,11,13H,5-6,9H2,1-4H3. The Kier molecular flexibility index (Phi) is 4.91. The van der Waals surface area contributed by atoms with Crippen molar-refractivity contribution < 1.29 is 9.47 Å². The normalized spacial score (nSPS) is 22.6. The highest BCUT2D eigenvalue weighted by molar-refractivity contribution is 9.09. The van der Waals surface area contributed by atoms with E-state index in [9.17, 15) is 0 Å². The van der Waals surface area contributed by atoms with Gasteiger partial charge in [-0.1, -0.05) is 53.9 Å². The second-order valence-electron chi connectivity index (χ2n) is 6.09. The zero-order valence-electron chi connectivity index (χ0n) is 12.5. The second kappa shape index (κ2) is 6.15. The van der Waals surface area contributed by atoms with Gasteiger partial charge in [0.1, 0.15) is 16.5 Å². The van der Waals surface area contributed by atoms with Crippen molar-refractivity contribution in [1.82, 2.24) is 0 Å². The molecule has 1 aliphatic carbocycles. The van der Waals surface area contributed by atoms with Crippen molar-refractivity contribution in [2.45, 2.75) is 37.9 Å². The Hall–Kier alpha value is -0.410. The molecule has 1 aromatic rings. The van der Waals surface area contributed by atoms with Crippen LogP contribution in [0.1, 0.15) is 43.5 Å². The maximum atomic E-state index is 6.37. The SMILES string of the molecule is COc1ccc(C(Br)C2CCCC2(C)C)c(OC)c1Cl. The number of halogens is 2. The van der Waals surface area contributed by atoms with Gasteiger partial charge >= 0.3 is 0 Å². The van der Waals surface area contributed by atoms with Crippen LogP contribution >= 0.6 is 27.5 Å². The van der Waals surface area contributed by atoms with Gasteiger partial charge in [-0.05, 0) is 30.2 Å². The first kappa shape index (κ1) is 16.0. The van der Waals surface area contributed by atoms with Crippen molar-refractivity contribution in [3.8, 4) is 11.5 Å². The molecule has 0 saturated heterocycles. The molecule has 2 rings (SSSR count). The number of ether oxygens (including phenoxy) is 2. The van der Waals surface area contributed by atoms with Crippen LogP contribution in [0, 0.1) is 11.3 Å². The molecule has 0 heterocycles. The highest BCUT2D eigenvalue weighted by Crippen LogP contribution is 2.54. The molecule has 1 aromatic carbocycles. The minimum Gasteiger partial charge on any atom is -0.495 e. The number of methoxy groups -OCH3 is 2. The number of benzene rings is 1. The van der Waals surface area contributed by atoms with Crippen LogP contribution in [-0.2, 0) is 0 Å². The lowest BCUT2D eigenvalue weighted by Crippen LogP contribution is -2.21.